The van der Waals surface area contributed by atoms with Crippen LogP contribution in [0.1, 0.15) is 11.3 Å². The van der Waals surface area contributed by atoms with Gasteiger partial charge in [0.25, 0.3) is 0 Å². The van der Waals surface area contributed by atoms with Crippen molar-refractivity contribution in [1.82, 2.24) is 9.97 Å². The van der Waals surface area contributed by atoms with Gasteiger partial charge in [0.15, 0.2) is 10.7 Å². The molecular weight excluding hydrogens is 412 g/mol. The highest BCUT2D eigenvalue weighted by Crippen LogP contribution is 2.27. The largest absolute Gasteiger partial charge is 0.507 e. The highest BCUT2D eigenvalue weighted by molar-refractivity contribution is 7.72. The SMILES string of the molecule is N=C1C=CC(c2ccnc(Nc3cccc([SH](=O)=O)c3)n2)=C/C1=C(/O)c1ccccc1. The van der Waals surface area contributed by atoms with Crippen molar-refractivity contribution in [2.45, 2.75) is 4.90 Å². The van der Waals surface area contributed by atoms with Gasteiger partial charge in [-0.05, 0) is 36.4 Å². The zero-order valence-corrected chi connectivity index (χ0v) is 17.1. The Morgan fingerprint density at radius 2 is 1.81 bits per heavy atom. The van der Waals surface area contributed by atoms with Gasteiger partial charge in [0, 0.05) is 28.6 Å². The molecule has 0 spiro atoms. The minimum absolute atomic E-state index is 0.0170. The Morgan fingerprint density at radius 1 is 1.00 bits per heavy atom. The zero-order chi connectivity index (χ0) is 21.8. The fraction of sp³-hybridized carbons (Fsp3) is 0. The van der Waals surface area contributed by atoms with Crippen molar-refractivity contribution >= 4 is 39.4 Å². The molecule has 0 saturated heterocycles. The summed E-state index contributed by atoms with van der Waals surface area (Å²) in [6.45, 7) is 0. The van der Waals surface area contributed by atoms with E-state index >= 15 is 0 Å². The number of thiol groups is 1. The van der Waals surface area contributed by atoms with Crippen LogP contribution in [0.4, 0.5) is 11.6 Å². The maximum absolute atomic E-state index is 11.2. The fourth-order valence-electron chi connectivity index (χ4n) is 3.06. The number of aliphatic hydroxyl groups excluding tert-OH is 1. The molecule has 0 bridgehead atoms. The van der Waals surface area contributed by atoms with Crippen molar-refractivity contribution in [3.8, 4) is 0 Å². The van der Waals surface area contributed by atoms with E-state index in [1.54, 1.807) is 54.8 Å². The maximum Gasteiger partial charge on any atom is 0.227 e. The van der Waals surface area contributed by atoms with Crippen molar-refractivity contribution in [2.24, 2.45) is 0 Å². The van der Waals surface area contributed by atoms with Crippen molar-refractivity contribution in [2.75, 3.05) is 5.32 Å². The van der Waals surface area contributed by atoms with Gasteiger partial charge in [-0.1, -0.05) is 42.5 Å². The molecule has 0 saturated carbocycles. The molecule has 0 atom stereocenters. The molecule has 7 nitrogen and oxygen atoms in total. The summed E-state index contributed by atoms with van der Waals surface area (Å²) in [5.41, 5.74) is 3.05. The molecular formula is C23H18N4O3S. The molecule has 0 radical (unpaired) electrons. The van der Waals surface area contributed by atoms with Crippen LogP contribution in [0.5, 0.6) is 0 Å². The summed E-state index contributed by atoms with van der Waals surface area (Å²) in [7, 11) is -2.69. The lowest BCUT2D eigenvalue weighted by atomic mass is 9.95. The fourth-order valence-corrected chi connectivity index (χ4v) is 3.51. The predicted octanol–water partition coefficient (Wildman–Crippen LogP) is 4.13. The smallest absolute Gasteiger partial charge is 0.227 e. The summed E-state index contributed by atoms with van der Waals surface area (Å²) in [5, 5.41) is 21.8. The van der Waals surface area contributed by atoms with Gasteiger partial charge < -0.3 is 15.8 Å². The number of aromatic nitrogens is 2. The number of allylic oxidation sites excluding steroid dienone is 5. The Balaban J connectivity index is 1.66. The Morgan fingerprint density at radius 3 is 2.58 bits per heavy atom. The van der Waals surface area contributed by atoms with Crippen LogP contribution >= 0.6 is 0 Å². The minimum atomic E-state index is -2.69. The average molecular weight is 430 g/mol. The lowest BCUT2D eigenvalue weighted by molar-refractivity contribution is 0.510. The second-order valence-electron chi connectivity index (χ2n) is 6.67. The number of benzene rings is 2. The summed E-state index contributed by atoms with van der Waals surface area (Å²) in [5.74, 6) is 0.312. The number of aliphatic hydroxyl groups is 1. The lowest BCUT2D eigenvalue weighted by Gasteiger charge is -2.14. The number of nitrogens with one attached hydrogen (secondary N) is 2. The molecule has 1 aliphatic carbocycles. The Hall–Kier alpha value is -4.04. The molecule has 154 valence electrons. The van der Waals surface area contributed by atoms with E-state index in [1.165, 1.54) is 12.1 Å². The standard InChI is InChI=1S/C23H18N4O3S/c24-20-10-9-16(13-19(20)22(28)15-5-2-1-3-6-15)21-11-12-25-23(27-21)26-17-7-4-8-18(14-17)31(29)30/h1-14,24,28,31H,(H,25,26,27)/b22-19-,24-20?. The molecule has 31 heavy (non-hydrogen) atoms. The summed E-state index contributed by atoms with van der Waals surface area (Å²) < 4.78 is 22.4. The Labute approximate surface area is 180 Å². The average Bonchev–Trinajstić information content (AvgIpc) is 2.80. The first kappa shape index (κ1) is 20.2. The molecule has 0 unspecified atom stereocenters. The van der Waals surface area contributed by atoms with E-state index in [9.17, 15) is 13.5 Å². The Kier molecular flexibility index (Phi) is 5.72. The highest BCUT2D eigenvalue weighted by Gasteiger charge is 2.16. The van der Waals surface area contributed by atoms with Crippen molar-refractivity contribution in [1.29, 1.82) is 5.41 Å². The van der Waals surface area contributed by atoms with Gasteiger partial charge in [-0.15, -0.1) is 0 Å². The van der Waals surface area contributed by atoms with Gasteiger partial charge in [0.1, 0.15) is 5.76 Å². The van der Waals surface area contributed by atoms with E-state index in [-0.39, 0.29) is 16.4 Å². The van der Waals surface area contributed by atoms with Crippen molar-refractivity contribution in [3.05, 3.63) is 102 Å². The summed E-state index contributed by atoms with van der Waals surface area (Å²) in [6, 6.07) is 17.1. The first-order valence-electron chi connectivity index (χ1n) is 9.33. The van der Waals surface area contributed by atoms with Crippen LogP contribution in [0.25, 0.3) is 11.3 Å². The normalized spacial score (nSPS) is 15.0. The van der Waals surface area contributed by atoms with E-state index < -0.39 is 10.7 Å². The maximum atomic E-state index is 11.2. The second kappa shape index (κ2) is 8.76. The van der Waals surface area contributed by atoms with E-state index in [4.69, 9.17) is 5.41 Å². The third-order valence-corrected chi connectivity index (χ3v) is 5.29. The van der Waals surface area contributed by atoms with Crippen LogP contribution < -0.4 is 5.32 Å². The molecule has 0 aliphatic heterocycles. The molecule has 0 fully saturated rings. The van der Waals surface area contributed by atoms with Crippen LogP contribution in [0.15, 0.2) is 95.6 Å². The van der Waals surface area contributed by atoms with Crippen LogP contribution in [0, 0.1) is 5.41 Å². The molecule has 8 heteroatoms. The van der Waals surface area contributed by atoms with Gasteiger partial charge in [-0.2, -0.15) is 0 Å². The summed E-state index contributed by atoms with van der Waals surface area (Å²) in [6.07, 6.45) is 6.64. The molecule has 2 aromatic carbocycles. The van der Waals surface area contributed by atoms with Crippen molar-refractivity contribution < 1.29 is 13.5 Å². The van der Waals surface area contributed by atoms with Crippen LogP contribution in [-0.2, 0) is 10.7 Å². The third-order valence-electron chi connectivity index (χ3n) is 4.59. The van der Waals surface area contributed by atoms with Crippen LogP contribution in [-0.4, -0.2) is 29.2 Å². The third kappa shape index (κ3) is 4.59. The topological polar surface area (TPSA) is 116 Å². The number of hydrogen-bond donors (Lipinski definition) is 4. The van der Waals surface area contributed by atoms with E-state index in [1.807, 2.05) is 18.2 Å². The molecule has 1 aromatic heterocycles. The molecule has 3 aromatic rings. The van der Waals surface area contributed by atoms with Gasteiger partial charge in [-0.25, -0.2) is 18.4 Å². The lowest BCUT2D eigenvalue weighted by Crippen LogP contribution is -2.06. The quantitative estimate of drug-likeness (QED) is 0.357. The first-order chi connectivity index (χ1) is 15.0. The number of anilines is 2. The Bertz CT molecular complexity index is 1320. The van der Waals surface area contributed by atoms with Crippen molar-refractivity contribution in [3.63, 3.8) is 0 Å². The predicted molar refractivity (Wildman–Crippen MR) is 121 cm³/mol. The first-order valence-corrected chi connectivity index (χ1v) is 10.5. The van der Waals surface area contributed by atoms with Gasteiger partial charge in [0.2, 0.25) is 5.95 Å². The zero-order valence-electron chi connectivity index (χ0n) is 16.2. The molecule has 3 N–H and O–H groups in total. The van der Waals surface area contributed by atoms with Crippen LogP contribution in [0.3, 0.4) is 0 Å². The molecule has 0 amide bonds. The number of rotatable bonds is 5. The van der Waals surface area contributed by atoms with E-state index in [2.05, 4.69) is 15.3 Å². The van der Waals surface area contributed by atoms with E-state index in [0.29, 0.717) is 34.0 Å². The van der Waals surface area contributed by atoms with Crippen LogP contribution in [0.2, 0.25) is 0 Å². The van der Waals surface area contributed by atoms with Gasteiger partial charge >= 0.3 is 0 Å². The van der Waals surface area contributed by atoms with Gasteiger partial charge in [-0.3, -0.25) is 0 Å². The monoisotopic (exact) mass is 430 g/mol. The molecule has 4 rings (SSSR count). The second-order valence-corrected chi connectivity index (χ2v) is 7.70. The van der Waals surface area contributed by atoms with E-state index in [0.717, 1.165) is 0 Å². The molecule has 1 aliphatic rings. The number of nitrogens with zero attached hydrogens (tertiary/aromatic N) is 2. The molecule has 1 heterocycles. The van der Waals surface area contributed by atoms with Gasteiger partial charge in [0.05, 0.1) is 16.3 Å². The highest BCUT2D eigenvalue weighted by atomic mass is 32.2. The summed E-state index contributed by atoms with van der Waals surface area (Å²) >= 11 is 0. The number of hydrogen-bond acceptors (Lipinski definition) is 7. The summed E-state index contributed by atoms with van der Waals surface area (Å²) in [4.78, 5) is 8.88. The minimum Gasteiger partial charge on any atom is -0.507 e.